The summed E-state index contributed by atoms with van der Waals surface area (Å²) in [5.74, 6) is 0.00997. The summed E-state index contributed by atoms with van der Waals surface area (Å²) in [5.41, 5.74) is 0.474. The second-order valence-corrected chi connectivity index (χ2v) is 5.25. The molecule has 1 unspecified atom stereocenters. The van der Waals surface area contributed by atoms with Gasteiger partial charge in [0.2, 0.25) is 0 Å². The predicted octanol–water partition coefficient (Wildman–Crippen LogP) is 2.81. The van der Waals surface area contributed by atoms with Crippen LogP contribution in [0.2, 0.25) is 0 Å². The number of allylic oxidation sites excluding steroid dienone is 1. The summed E-state index contributed by atoms with van der Waals surface area (Å²) < 4.78 is 10.9. The molecule has 0 bridgehead atoms. The fourth-order valence-corrected chi connectivity index (χ4v) is 2.58. The van der Waals surface area contributed by atoms with E-state index in [1.807, 2.05) is 30.3 Å². The van der Waals surface area contributed by atoms with Crippen molar-refractivity contribution in [2.45, 2.75) is 39.2 Å². The zero-order valence-electron chi connectivity index (χ0n) is 12.6. The van der Waals surface area contributed by atoms with E-state index in [-0.39, 0.29) is 12.2 Å². The van der Waals surface area contributed by atoms with Crippen molar-refractivity contribution in [3.8, 4) is 0 Å². The summed E-state index contributed by atoms with van der Waals surface area (Å²) in [6, 6.07) is 9.67. The Labute approximate surface area is 124 Å². The van der Waals surface area contributed by atoms with Gasteiger partial charge < -0.3 is 9.47 Å². The minimum absolute atomic E-state index is 0.0787. The van der Waals surface area contributed by atoms with Crippen molar-refractivity contribution in [3.63, 3.8) is 0 Å². The lowest BCUT2D eigenvalue weighted by Gasteiger charge is -2.27. The van der Waals surface area contributed by atoms with Crippen LogP contribution in [0, 0.1) is 0 Å². The molecule has 0 radical (unpaired) electrons. The van der Waals surface area contributed by atoms with Gasteiger partial charge in [-0.3, -0.25) is 4.79 Å². The number of benzene rings is 1. The quantitative estimate of drug-likeness (QED) is 0.782. The van der Waals surface area contributed by atoms with Gasteiger partial charge in [-0.1, -0.05) is 30.3 Å². The number of carbonyl (C=O) groups excluding carboxylic acids is 2. The number of esters is 1. The number of rotatable bonds is 5. The van der Waals surface area contributed by atoms with E-state index in [2.05, 4.69) is 0 Å². The number of Topliss-reactive ketones (excluding diaryl/α,β-unsaturated/α-hetero) is 1. The predicted molar refractivity (Wildman–Crippen MR) is 78.6 cm³/mol. The largest absolute Gasteiger partial charge is 0.483 e. The van der Waals surface area contributed by atoms with Crippen LogP contribution < -0.4 is 0 Å². The third kappa shape index (κ3) is 3.15. The van der Waals surface area contributed by atoms with Gasteiger partial charge in [0.25, 0.3) is 0 Å². The molecule has 4 nitrogen and oxygen atoms in total. The molecule has 0 N–H and O–H groups in total. The first-order valence-corrected chi connectivity index (χ1v) is 7.09. The van der Waals surface area contributed by atoms with Gasteiger partial charge in [0, 0.05) is 12.8 Å². The molecule has 0 aromatic heterocycles. The van der Waals surface area contributed by atoms with Crippen LogP contribution in [0.25, 0.3) is 0 Å². The summed E-state index contributed by atoms with van der Waals surface area (Å²) in [5, 5.41) is 0. The van der Waals surface area contributed by atoms with E-state index in [1.54, 1.807) is 13.8 Å². The van der Waals surface area contributed by atoms with Gasteiger partial charge in [0.15, 0.2) is 11.4 Å². The number of ketones is 1. The topological polar surface area (TPSA) is 52.6 Å². The van der Waals surface area contributed by atoms with Crippen LogP contribution in [0.1, 0.15) is 32.8 Å². The molecular weight excluding hydrogens is 268 g/mol. The van der Waals surface area contributed by atoms with Crippen molar-refractivity contribution < 1.29 is 19.1 Å². The van der Waals surface area contributed by atoms with E-state index < -0.39 is 11.6 Å². The second-order valence-electron chi connectivity index (χ2n) is 5.25. The maximum Gasteiger partial charge on any atom is 0.337 e. The van der Waals surface area contributed by atoms with Crippen LogP contribution in [0.3, 0.4) is 0 Å². The Balaban J connectivity index is 2.24. The molecule has 21 heavy (non-hydrogen) atoms. The Morgan fingerprint density at radius 3 is 2.52 bits per heavy atom. The van der Waals surface area contributed by atoms with E-state index in [4.69, 9.17) is 9.47 Å². The zero-order valence-corrected chi connectivity index (χ0v) is 12.6. The van der Waals surface area contributed by atoms with Gasteiger partial charge in [-0.05, 0) is 26.3 Å². The summed E-state index contributed by atoms with van der Waals surface area (Å²) >= 11 is 0. The Morgan fingerprint density at radius 2 is 1.95 bits per heavy atom. The van der Waals surface area contributed by atoms with Crippen LogP contribution in [-0.4, -0.2) is 24.0 Å². The number of hydrogen-bond acceptors (Lipinski definition) is 4. The number of carbonyl (C=O) groups is 2. The molecule has 0 saturated heterocycles. The first-order valence-electron chi connectivity index (χ1n) is 7.09. The van der Waals surface area contributed by atoms with Gasteiger partial charge >= 0.3 is 5.97 Å². The highest BCUT2D eigenvalue weighted by atomic mass is 16.5. The van der Waals surface area contributed by atoms with Gasteiger partial charge in [-0.15, -0.1) is 0 Å². The smallest absolute Gasteiger partial charge is 0.337 e. The molecule has 1 aliphatic rings. The molecule has 0 fully saturated rings. The molecule has 0 aliphatic carbocycles. The highest BCUT2D eigenvalue weighted by Gasteiger charge is 2.46. The average molecular weight is 288 g/mol. The van der Waals surface area contributed by atoms with Crippen LogP contribution in [0.4, 0.5) is 0 Å². The van der Waals surface area contributed by atoms with E-state index in [1.165, 1.54) is 6.92 Å². The normalized spacial score (nSPS) is 21.1. The molecule has 0 amide bonds. The van der Waals surface area contributed by atoms with Crippen molar-refractivity contribution >= 4 is 11.8 Å². The van der Waals surface area contributed by atoms with E-state index in [9.17, 15) is 9.59 Å². The Bertz CT molecular complexity index is 574. The molecule has 4 heteroatoms. The first-order chi connectivity index (χ1) is 9.98. The third-order valence-electron chi connectivity index (χ3n) is 3.73. The average Bonchev–Trinajstić information content (AvgIpc) is 2.78. The van der Waals surface area contributed by atoms with Gasteiger partial charge in [0.1, 0.15) is 5.76 Å². The molecule has 1 atom stereocenters. The van der Waals surface area contributed by atoms with Gasteiger partial charge in [-0.2, -0.15) is 0 Å². The second kappa shape index (κ2) is 6.12. The molecule has 1 heterocycles. The van der Waals surface area contributed by atoms with Crippen LogP contribution in [0.5, 0.6) is 0 Å². The molecular formula is C17H20O4. The molecule has 2 rings (SSSR count). The lowest BCUT2D eigenvalue weighted by atomic mass is 9.86. The highest BCUT2D eigenvalue weighted by Crippen LogP contribution is 2.37. The maximum atomic E-state index is 12.1. The maximum absolute atomic E-state index is 12.1. The summed E-state index contributed by atoms with van der Waals surface area (Å²) in [7, 11) is 0. The zero-order chi connectivity index (χ0) is 15.5. The Hall–Kier alpha value is -2.10. The monoisotopic (exact) mass is 288 g/mol. The highest BCUT2D eigenvalue weighted by molar-refractivity contribution is 5.94. The van der Waals surface area contributed by atoms with Crippen LogP contribution in [0.15, 0.2) is 41.7 Å². The van der Waals surface area contributed by atoms with Gasteiger partial charge in [-0.25, -0.2) is 4.79 Å². The molecule has 112 valence electrons. The number of ether oxygens (including phenoxy) is 2. The standard InChI is InChI=1S/C17H20O4/c1-4-20-16(19)15-11-17(13(3)18,21-12(15)2)10-14-8-6-5-7-9-14/h5-9H,4,10-11H2,1-3H3. The van der Waals surface area contributed by atoms with Crippen molar-refractivity contribution in [2.24, 2.45) is 0 Å². The van der Waals surface area contributed by atoms with Crippen molar-refractivity contribution in [3.05, 3.63) is 47.2 Å². The molecule has 1 aliphatic heterocycles. The summed E-state index contributed by atoms with van der Waals surface area (Å²) in [6.45, 7) is 5.28. The lowest BCUT2D eigenvalue weighted by Crippen LogP contribution is -2.39. The molecule has 0 saturated carbocycles. The minimum atomic E-state index is -0.993. The molecule has 1 aromatic carbocycles. The number of hydrogen-bond donors (Lipinski definition) is 0. The van der Waals surface area contributed by atoms with Gasteiger partial charge in [0.05, 0.1) is 12.2 Å². The molecule has 0 spiro atoms. The van der Waals surface area contributed by atoms with Crippen molar-refractivity contribution in [1.29, 1.82) is 0 Å². The summed E-state index contributed by atoms with van der Waals surface area (Å²) in [4.78, 5) is 24.1. The lowest BCUT2D eigenvalue weighted by molar-refractivity contribution is -0.138. The fourth-order valence-electron chi connectivity index (χ4n) is 2.58. The SMILES string of the molecule is CCOC(=O)C1=C(C)OC(Cc2ccccc2)(C(C)=O)C1. The van der Waals surface area contributed by atoms with E-state index >= 15 is 0 Å². The van der Waals surface area contributed by atoms with Crippen molar-refractivity contribution in [1.82, 2.24) is 0 Å². The fraction of sp³-hybridized carbons (Fsp3) is 0.412. The molecule has 1 aromatic rings. The third-order valence-corrected chi connectivity index (χ3v) is 3.73. The summed E-state index contributed by atoms with van der Waals surface area (Å²) in [6.07, 6.45) is 0.714. The van der Waals surface area contributed by atoms with E-state index in [0.29, 0.717) is 24.4 Å². The van der Waals surface area contributed by atoms with Crippen LogP contribution in [-0.2, 0) is 25.5 Å². The van der Waals surface area contributed by atoms with Crippen molar-refractivity contribution in [2.75, 3.05) is 6.61 Å². The first kappa shape index (κ1) is 15.3. The minimum Gasteiger partial charge on any atom is -0.483 e. The Morgan fingerprint density at radius 1 is 1.29 bits per heavy atom. The van der Waals surface area contributed by atoms with Crippen LogP contribution >= 0.6 is 0 Å². The Kier molecular flexibility index (Phi) is 4.46. The van der Waals surface area contributed by atoms with E-state index in [0.717, 1.165) is 5.56 Å².